The van der Waals surface area contributed by atoms with E-state index in [4.69, 9.17) is 9.47 Å². The van der Waals surface area contributed by atoms with Crippen molar-refractivity contribution < 1.29 is 23.9 Å². The number of nitrogens with one attached hydrogen (secondary N) is 2. The van der Waals surface area contributed by atoms with E-state index in [1.807, 2.05) is 106 Å². The van der Waals surface area contributed by atoms with Crippen LogP contribution in [0.25, 0.3) is 22.5 Å². The Morgan fingerprint density at radius 1 is 0.796 bits per heavy atom. The molecule has 1 aromatic heterocycles. The maximum atomic E-state index is 12.6. The number of ether oxygens (including phenoxy) is 2. The minimum atomic E-state index is -0.540. The number of hydrogen-bond acceptors (Lipinski definition) is 8. The lowest BCUT2D eigenvalue weighted by atomic mass is 9.87. The summed E-state index contributed by atoms with van der Waals surface area (Å²) in [7, 11) is 1.75. The Kier molecular flexibility index (Phi) is 17.0. The minimum absolute atomic E-state index is 0.130. The third kappa shape index (κ3) is 15.6. The summed E-state index contributed by atoms with van der Waals surface area (Å²) in [6.07, 6.45) is 8.66. The summed E-state index contributed by atoms with van der Waals surface area (Å²) in [5.41, 5.74) is 5.49. The zero-order valence-corrected chi connectivity index (χ0v) is 33.7. The Bertz CT molecular complexity index is 1720. The molecule has 4 aromatic rings. The van der Waals surface area contributed by atoms with Gasteiger partial charge in [0.2, 0.25) is 5.91 Å². The van der Waals surface area contributed by atoms with E-state index < -0.39 is 11.6 Å². The first kappa shape index (κ1) is 43.5. The van der Waals surface area contributed by atoms with Gasteiger partial charge in [-0.2, -0.15) is 0 Å². The molecule has 0 fully saturated rings. The van der Waals surface area contributed by atoms with E-state index in [0.29, 0.717) is 12.2 Å². The van der Waals surface area contributed by atoms with Crippen molar-refractivity contribution in [2.45, 2.75) is 105 Å². The minimum Gasteiger partial charge on any atom is -0.494 e. The van der Waals surface area contributed by atoms with Crippen molar-refractivity contribution in [3.8, 4) is 28.3 Å². The Hall–Kier alpha value is -4.89. The number of carbonyl (C=O) groups excluding carboxylic acids is 3. The molecule has 9 heteroatoms. The summed E-state index contributed by atoms with van der Waals surface area (Å²) in [6, 6.07) is 23.2. The molecule has 3 aromatic carbocycles. The molecule has 0 spiro atoms. The second-order valence-corrected chi connectivity index (χ2v) is 15.9. The number of carbonyl (C=O) groups is 3. The number of rotatable bonds is 16. The molecule has 0 radical (unpaired) electrons. The summed E-state index contributed by atoms with van der Waals surface area (Å²) in [4.78, 5) is 44.0. The van der Waals surface area contributed by atoms with Crippen molar-refractivity contribution in [3.05, 3.63) is 102 Å². The summed E-state index contributed by atoms with van der Waals surface area (Å²) >= 11 is 0. The second kappa shape index (κ2) is 21.1. The molecule has 0 saturated heterocycles. The topological polar surface area (TPSA) is 120 Å². The van der Waals surface area contributed by atoms with Crippen molar-refractivity contribution in [2.75, 3.05) is 20.2 Å². The first-order valence-corrected chi connectivity index (χ1v) is 18.9. The molecule has 1 heterocycles. The van der Waals surface area contributed by atoms with Crippen LogP contribution < -0.4 is 15.4 Å². The molecule has 54 heavy (non-hydrogen) atoms. The van der Waals surface area contributed by atoms with Gasteiger partial charge in [-0.1, -0.05) is 102 Å². The fraction of sp³-hybridized carbons (Fsp3) is 0.444. The van der Waals surface area contributed by atoms with Gasteiger partial charge >= 0.3 is 5.97 Å². The van der Waals surface area contributed by atoms with Crippen LogP contribution >= 0.6 is 0 Å². The monoisotopic (exact) mass is 736 g/mol. The molecular weight excluding hydrogens is 677 g/mol. The molecule has 0 aliphatic heterocycles. The smallest absolute Gasteiger partial charge is 0.308 e. The molecule has 2 N–H and O–H groups in total. The zero-order chi connectivity index (χ0) is 39.7. The highest BCUT2D eigenvalue weighted by Gasteiger charge is 2.19. The quantitative estimate of drug-likeness (QED) is 0.0666. The zero-order valence-electron chi connectivity index (χ0n) is 33.7. The first-order chi connectivity index (χ1) is 25.6. The molecule has 1 unspecified atom stereocenters. The van der Waals surface area contributed by atoms with Crippen LogP contribution in [-0.2, 0) is 26.2 Å². The molecule has 0 aliphatic rings. The fourth-order valence-corrected chi connectivity index (χ4v) is 5.43. The lowest BCUT2D eigenvalue weighted by Gasteiger charge is -2.20. The summed E-state index contributed by atoms with van der Waals surface area (Å²) in [5, 5.41) is 5.87. The maximum Gasteiger partial charge on any atom is 0.308 e. The molecular formula is C45H60N4O5. The predicted molar refractivity (Wildman–Crippen MR) is 218 cm³/mol. The number of unbranched alkanes of at least 4 members (excludes halogenated alkanes) is 1. The van der Waals surface area contributed by atoms with Crippen LogP contribution in [0.2, 0.25) is 0 Å². The van der Waals surface area contributed by atoms with Crippen molar-refractivity contribution in [1.82, 2.24) is 20.6 Å². The SMILES string of the molecule is CC(C)(C)c1ccc(C=O)cc1.CNC(Cc1ccc(-c2ncc(-c3ccc(OCCCCC(C)C)cc3)cn2)cc1)C(=O)NCCC(=O)OC(C)(C)C. The lowest BCUT2D eigenvalue weighted by Crippen LogP contribution is -2.44. The van der Waals surface area contributed by atoms with Gasteiger partial charge in [0.1, 0.15) is 17.6 Å². The van der Waals surface area contributed by atoms with Gasteiger partial charge in [-0.3, -0.25) is 14.4 Å². The van der Waals surface area contributed by atoms with Crippen LogP contribution in [0.3, 0.4) is 0 Å². The van der Waals surface area contributed by atoms with Crippen molar-refractivity contribution in [2.24, 2.45) is 5.92 Å². The van der Waals surface area contributed by atoms with Crippen LogP contribution in [0, 0.1) is 5.92 Å². The van der Waals surface area contributed by atoms with E-state index in [-0.39, 0.29) is 30.3 Å². The molecule has 0 saturated carbocycles. The standard InChI is InChI=1S/C34H46N4O4.C11H14O/c1-24(2)9-7-8-20-41-29-16-14-26(15-17-29)28-22-37-32(38-23-28)27-12-10-25(11-13-27)21-30(35-6)33(40)36-19-18-31(39)42-34(3,4)5;1-11(2,3)10-6-4-9(8-12)5-7-10/h10-17,22-24,30,35H,7-9,18-21H2,1-6H3,(H,36,40);4-8H,1-3H3. The van der Waals surface area contributed by atoms with Gasteiger partial charge in [-0.05, 0) is 87.2 Å². The summed E-state index contributed by atoms with van der Waals surface area (Å²) in [5.74, 6) is 1.75. The average molecular weight is 737 g/mol. The summed E-state index contributed by atoms with van der Waals surface area (Å²) < 4.78 is 11.2. The van der Waals surface area contributed by atoms with Crippen molar-refractivity contribution in [3.63, 3.8) is 0 Å². The number of hydrogen-bond donors (Lipinski definition) is 2. The van der Waals surface area contributed by atoms with Gasteiger partial charge in [-0.15, -0.1) is 0 Å². The molecule has 9 nitrogen and oxygen atoms in total. The van der Waals surface area contributed by atoms with Crippen LogP contribution in [-0.4, -0.2) is 60.0 Å². The number of likely N-dealkylation sites (N-methyl/N-ethyl adjacent to an activating group) is 1. The highest BCUT2D eigenvalue weighted by molar-refractivity contribution is 5.82. The first-order valence-electron chi connectivity index (χ1n) is 18.9. The molecule has 290 valence electrons. The largest absolute Gasteiger partial charge is 0.494 e. The number of aromatic nitrogens is 2. The molecule has 0 aliphatic carbocycles. The summed E-state index contributed by atoms with van der Waals surface area (Å²) in [6.45, 7) is 17.4. The molecule has 4 rings (SSSR count). The Labute approximate surface area is 322 Å². The number of nitrogens with zero attached hydrogens (tertiary/aromatic N) is 2. The highest BCUT2D eigenvalue weighted by Crippen LogP contribution is 2.24. The van der Waals surface area contributed by atoms with Gasteiger partial charge in [0.05, 0.1) is 19.1 Å². The molecule has 1 atom stereocenters. The number of esters is 1. The van der Waals surface area contributed by atoms with E-state index in [1.165, 1.54) is 18.4 Å². The van der Waals surface area contributed by atoms with Gasteiger partial charge in [0.25, 0.3) is 0 Å². The Morgan fingerprint density at radius 2 is 1.41 bits per heavy atom. The second-order valence-electron chi connectivity index (χ2n) is 15.9. The van der Waals surface area contributed by atoms with Crippen LogP contribution in [0.4, 0.5) is 0 Å². The third-order valence-corrected chi connectivity index (χ3v) is 8.56. The highest BCUT2D eigenvalue weighted by atomic mass is 16.6. The van der Waals surface area contributed by atoms with E-state index in [9.17, 15) is 14.4 Å². The predicted octanol–water partition coefficient (Wildman–Crippen LogP) is 8.79. The van der Waals surface area contributed by atoms with E-state index in [0.717, 1.165) is 58.8 Å². The average Bonchev–Trinajstić information content (AvgIpc) is 3.13. The lowest BCUT2D eigenvalue weighted by molar-refractivity contribution is -0.154. The van der Waals surface area contributed by atoms with Crippen molar-refractivity contribution in [1.29, 1.82) is 0 Å². The normalized spacial score (nSPS) is 12.0. The molecule has 0 bridgehead atoms. The van der Waals surface area contributed by atoms with Crippen LogP contribution in [0.5, 0.6) is 5.75 Å². The van der Waals surface area contributed by atoms with Crippen LogP contribution in [0.15, 0.2) is 85.2 Å². The fourth-order valence-electron chi connectivity index (χ4n) is 5.43. The van der Waals surface area contributed by atoms with Gasteiger partial charge in [0.15, 0.2) is 5.82 Å². The maximum absolute atomic E-state index is 12.6. The number of amides is 1. The Balaban J connectivity index is 0.000000553. The Morgan fingerprint density at radius 3 is 1.94 bits per heavy atom. The van der Waals surface area contributed by atoms with Crippen molar-refractivity contribution >= 4 is 18.2 Å². The van der Waals surface area contributed by atoms with E-state index in [1.54, 1.807) is 7.05 Å². The van der Waals surface area contributed by atoms with Gasteiger partial charge in [0, 0.05) is 35.6 Å². The molecule has 1 amide bonds. The number of aldehydes is 1. The van der Waals surface area contributed by atoms with Gasteiger partial charge < -0.3 is 20.1 Å². The third-order valence-electron chi connectivity index (χ3n) is 8.56. The van der Waals surface area contributed by atoms with E-state index >= 15 is 0 Å². The van der Waals surface area contributed by atoms with Crippen LogP contribution in [0.1, 0.15) is 103 Å². The van der Waals surface area contributed by atoms with E-state index in [2.05, 4.69) is 55.2 Å². The van der Waals surface area contributed by atoms with Gasteiger partial charge in [-0.25, -0.2) is 9.97 Å². The number of benzene rings is 3.